The Morgan fingerprint density at radius 3 is 2.36 bits per heavy atom. The Morgan fingerprint density at radius 1 is 1.09 bits per heavy atom. The average Bonchev–Trinajstić information content (AvgIpc) is 3.18. The van der Waals surface area contributed by atoms with Gasteiger partial charge in [0.2, 0.25) is 5.91 Å². The van der Waals surface area contributed by atoms with Gasteiger partial charge in [-0.3, -0.25) is 9.79 Å². The Kier molecular flexibility index (Phi) is 7.20. The molecule has 2 aromatic carbocycles. The zero-order valence-electron chi connectivity index (χ0n) is 19.8. The number of anilines is 1. The number of piperidine rings is 1. The minimum absolute atomic E-state index is 0.0431. The first-order valence-corrected chi connectivity index (χ1v) is 12.4. The van der Waals surface area contributed by atoms with Crippen molar-refractivity contribution in [3.05, 3.63) is 59.7 Å². The van der Waals surface area contributed by atoms with Gasteiger partial charge < -0.3 is 15.0 Å². The molecular weight excluding hydrogens is 432 g/mol. The Morgan fingerprint density at radius 2 is 1.76 bits per heavy atom. The lowest BCUT2D eigenvalue weighted by atomic mass is 9.99. The Labute approximate surface area is 200 Å². The van der Waals surface area contributed by atoms with E-state index in [1.807, 2.05) is 36.4 Å². The minimum atomic E-state index is -0.409. The van der Waals surface area contributed by atoms with Crippen LogP contribution in [0.3, 0.4) is 0 Å². The molecule has 7 heteroatoms. The largest absolute Gasteiger partial charge is 0.497 e. The maximum Gasteiger partial charge on any atom is 0.234 e. The van der Waals surface area contributed by atoms with Crippen molar-refractivity contribution >= 4 is 34.1 Å². The van der Waals surface area contributed by atoms with Crippen molar-refractivity contribution in [3.63, 3.8) is 0 Å². The summed E-state index contributed by atoms with van der Waals surface area (Å²) in [5.41, 5.74) is 3.54. The van der Waals surface area contributed by atoms with Crippen molar-refractivity contribution in [2.24, 2.45) is 9.98 Å². The molecule has 0 atom stereocenters. The van der Waals surface area contributed by atoms with Crippen LogP contribution >= 0.6 is 11.8 Å². The van der Waals surface area contributed by atoms with E-state index in [4.69, 9.17) is 14.7 Å². The summed E-state index contributed by atoms with van der Waals surface area (Å²) in [5.74, 6) is 1.52. The number of nitrogens with one attached hydrogen (secondary N) is 1. The lowest BCUT2D eigenvalue weighted by Gasteiger charge is -2.33. The molecule has 2 aliphatic rings. The standard InChI is InChI=1S/C26H32N4O2S/c1-18(2)19-5-9-21(10-6-19)27-23(31)17-33-25-24(20-7-11-22(32-4)12-8-20)28-26(29-25)13-15-30(3)16-14-26/h5-12,18H,13-17H2,1-4H3,(H,27,31). The van der Waals surface area contributed by atoms with E-state index in [0.717, 1.165) is 53.7 Å². The number of nitrogens with zero attached hydrogens (tertiary/aromatic N) is 3. The number of thioether (sulfide) groups is 1. The molecule has 6 nitrogen and oxygen atoms in total. The van der Waals surface area contributed by atoms with Crippen LogP contribution in [0.15, 0.2) is 58.5 Å². The molecule has 2 aromatic rings. The zero-order valence-corrected chi connectivity index (χ0v) is 20.6. The minimum Gasteiger partial charge on any atom is -0.497 e. The molecule has 0 saturated carbocycles. The van der Waals surface area contributed by atoms with Crippen molar-refractivity contribution in [1.29, 1.82) is 0 Å². The first-order chi connectivity index (χ1) is 15.9. The summed E-state index contributed by atoms with van der Waals surface area (Å²) in [7, 11) is 3.79. The van der Waals surface area contributed by atoms with Crippen molar-refractivity contribution in [2.45, 2.75) is 38.3 Å². The highest BCUT2D eigenvalue weighted by Crippen LogP contribution is 2.35. The number of methoxy groups -OCH3 is 1. The maximum absolute atomic E-state index is 12.7. The number of carbonyl (C=O) groups excluding carboxylic acids is 1. The zero-order chi connectivity index (χ0) is 23.4. The number of ether oxygens (including phenoxy) is 1. The molecule has 1 fully saturated rings. The van der Waals surface area contributed by atoms with E-state index in [-0.39, 0.29) is 11.7 Å². The number of likely N-dealkylation sites (tertiary alicyclic amines) is 1. The molecule has 0 unspecified atom stereocenters. The molecule has 0 aliphatic carbocycles. The van der Waals surface area contributed by atoms with Gasteiger partial charge in [0, 0.05) is 37.2 Å². The molecule has 33 heavy (non-hydrogen) atoms. The number of aliphatic imine (C=N–C) groups is 2. The third kappa shape index (κ3) is 5.65. The van der Waals surface area contributed by atoms with Gasteiger partial charge in [-0.15, -0.1) is 0 Å². The summed E-state index contributed by atoms with van der Waals surface area (Å²) in [5, 5.41) is 3.84. The van der Waals surface area contributed by atoms with Gasteiger partial charge in [-0.05, 0) is 54.9 Å². The van der Waals surface area contributed by atoms with Gasteiger partial charge in [-0.1, -0.05) is 37.7 Å². The van der Waals surface area contributed by atoms with E-state index in [1.165, 1.54) is 17.3 Å². The van der Waals surface area contributed by atoms with Crippen LogP contribution in [0.25, 0.3) is 0 Å². The summed E-state index contributed by atoms with van der Waals surface area (Å²) in [6.45, 7) is 6.25. The highest BCUT2D eigenvalue weighted by atomic mass is 32.2. The molecule has 174 valence electrons. The molecule has 1 amide bonds. The monoisotopic (exact) mass is 464 g/mol. The lowest BCUT2D eigenvalue weighted by Crippen LogP contribution is -2.39. The average molecular weight is 465 g/mol. The Bertz CT molecular complexity index is 1040. The number of hydrogen-bond donors (Lipinski definition) is 1. The Hall–Kier alpha value is -2.64. The van der Waals surface area contributed by atoms with Crippen LogP contribution in [0, 0.1) is 0 Å². The molecular formula is C26H32N4O2S. The van der Waals surface area contributed by atoms with Crippen molar-refractivity contribution in [3.8, 4) is 5.75 Å². The van der Waals surface area contributed by atoms with Crippen LogP contribution in [0.4, 0.5) is 5.69 Å². The number of amides is 1. The normalized spacial score (nSPS) is 17.7. The van der Waals surface area contributed by atoms with Gasteiger partial charge in [0.1, 0.15) is 10.8 Å². The molecule has 2 aliphatic heterocycles. The van der Waals surface area contributed by atoms with Gasteiger partial charge in [-0.2, -0.15) is 0 Å². The van der Waals surface area contributed by atoms with Crippen LogP contribution in [0.2, 0.25) is 0 Å². The second kappa shape index (κ2) is 10.1. The highest BCUT2D eigenvalue weighted by molar-refractivity contribution is 8.16. The van der Waals surface area contributed by atoms with Crippen molar-refractivity contribution in [1.82, 2.24) is 4.90 Å². The van der Waals surface area contributed by atoms with Gasteiger partial charge in [0.25, 0.3) is 0 Å². The molecule has 0 bridgehead atoms. The van der Waals surface area contributed by atoms with Crippen molar-refractivity contribution in [2.75, 3.05) is 38.3 Å². The fourth-order valence-electron chi connectivity index (χ4n) is 4.04. The van der Waals surface area contributed by atoms with Gasteiger partial charge in [0.15, 0.2) is 5.66 Å². The Balaban J connectivity index is 1.47. The SMILES string of the molecule is COc1ccc(C2=NC3(CCN(C)CC3)N=C2SCC(=O)Nc2ccc(C(C)C)cc2)cc1. The summed E-state index contributed by atoms with van der Waals surface area (Å²) < 4.78 is 5.30. The molecule has 0 radical (unpaired) electrons. The molecule has 0 aromatic heterocycles. The van der Waals surface area contributed by atoms with Crippen LogP contribution < -0.4 is 10.1 Å². The fourth-order valence-corrected chi connectivity index (χ4v) is 4.92. The number of carbonyl (C=O) groups is 1. The van der Waals surface area contributed by atoms with Gasteiger partial charge >= 0.3 is 0 Å². The fraction of sp³-hybridized carbons (Fsp3) is 0.423. The molecule has 1 saturated heterocycles. The topological polar surface area (TPSA) is 66.3 Å². The second-order valence-electron chi connectivity index (χ2n) is 9.01. The first kappa shape index (κ1) is 23.5. The van der Waals surface area contributed by atoms with E-state index in [1.54, 1.807) is 7.11 Å². The maximum atomic E-state index is 12.7. The van der Waals surface area contributed by atoms with Crippen LogP contribution in [-0.4, -0.2) is 60.2 Å². The molecule has 1 spiro atoms. The molecule has 1 N–H and O–H groups in total. The van der Waals surface area contributed by atoms with Crippen molar-refractivity contribution < 1.29 is 9.53 Å². The summed E-state index contributed by atoms with van der Waals surface area (Å²) in [6, 6.07) is 15.9. The van der Waals surface area contributed by atoms with Gasteiger partial charge in [-0.25, -0.2) is 4.99 Å². The number of benzene rings is 2. The van der Waals surface area contributed by atoms with E-state index in [2.05, 4.69) is 43.2 Å². The van der Waals surface area contributed by atoms with E-state index < -0.39 is 5.66 Å². The smallest absolute Gasteiger partial charge is 0.234 e. The number of hydrogen-bond acceptors (Lipinski definition) is 6. The summed E-state index contributed by atoms with van der Waals surface area (Å²) >= 11 is 1.46. The van der Waals surface area contributed by atoms with E-state index >= 15 is 0 Å². The third-order valence-corrected chi connectivity index (χ3v) is 7.15. The van der Waals surface area contributed by atoms with Gasteiger partial charge in [0.05, 0.1) is 18.6 Å². The lowest BCUT2D eigenvalue weighted by molar-refractivity contribution is -0.113. The predicted octanol–water partition coefficient (Wildman–Crippen LogP) is 4.81. The quantitative estimate of drug-likeness (QED) is 0.666. The summed E-state index contributed by atoms with van der Waals surface area (Å²) in [4.78, 5) is 25.2. The highest BCUT2D eigenvalue weighted by Gasteiger charge is 2.39. The predicted molar refractivity (Wildman–Crippen MR) is 138 cm³/mol. The number of rotatable bonds is 6. The second-order valence-corrected chi connectivity index (χ2v) is 9.97. The first-order valence-electron chi connectivity index (χ1n) is 11.4. The van der Waals surface area contributed by atoms with E-state index in [0.29, 0.717) is 5.92 Å². The molecule has 2 heterocycles. The van der Waals surface area contributed by atoms with Crippen LogP contribution in [-0.2, 0) is 4.79 Å². The summed E-state index contributed by atoms with van der Waals surface area (Å²) in [6.07, 6.45) is 1.78. The molecule has 4 rings (SSSR count). The third-order valence-electron chi connectivity index (χ3n) is 6.18. The van der Waals surface area contributed by atoms with Crippen LogP contribution in [0.5, 0.6) is 5.75 Å². The van der Waals surface area contributed by atoms with E-state index in [9.17, 15) is 4.79 Å². The van der Waals surface area contributed by atoms with Crippen LogP contribution in [0.1, 0.15) is 43.7 Å².